The highest BCUT2D eigenvalue weighted by atomic mass is 19.1. The maximum Gasteiger partial charge on any atom is 0.372 e. The molecule has 19 heavy (non-hydrogen) atoms. The zero-order chi connectivity index (χ0) is 13.8. The maximum absolute atomic E-state index is 12.9. The monoisotopic (exact) mass is 263 g/mol. The molecule has 5 heteroatoms. The average molecular weight is 263 g/mol. The first-order chi connectivity index (χ1) is 9.11. The molecule has 100 valence electrons. The van der Waals surface area contributed by atoms with E-state index in [0.717, 1.165) is 5.69 Å². The van der Waals surface area contributed by atoms with Crippen molar-refractivity contribution in [2.45, 2.75) is 13.5 Å². The van der Waals surface area contributed by atoms with E-state index in [1.54, 1.807) is 18.2 Å². The molecular formula is C14H14FNO3. The van der Waals surface area contributed by atoms with Crippen molar-refractivity contribution in [1.29, 1.82) is 0 Å². The molecule has 4 nitrogen and oxygen atoms in total. The van der Waals surface area contributed by atoms with Gasteiger partial charge in [0.05, 0.1) is 6.26 Å². The maximum atomic E-state index is 12.9. The van der Waals surface area contributed by atoms with Crippen molar-refractivity contribution in [2.24, 2.45) is 0 Å². The molecule has 0 aliphatic rings. The summed E-state index contributed by atoms with van der Waals surface area (Å²) in [6, 6.07) is 7.73. The van der Waals surface area contributed by atoms with Gasteiger partial charge in [0.2, 0.25) is 5.76 Å². The molecule has 0 unspecified atom stereocenters. The molecular weight excluding hydrogens is 249 g/mol. The standard InChI is InChI=1S/C14H14FNO3/c1-2-16(12-5-3-11(15)4-6-12)9-10-7-8-19-13(10)14(17)18/h3-8H,2,9H2,1H3,(H,17,18). The Labute approximate surface area is 110 Å². The van der Waals surface area contributed by atoms with Crippen LogP contribution in [0, 0.1) is 5.82 Å². The summed E-state index contributed by atoms with van der Waals surface area (Å²) in [6.07, 6.45) is 1.36. The summed E-state index contributed by atoms with van der Waals surface area (Å²) in [6.45, 7) is 3.03. The fraction of sp³-hybridized carbons (Fsp3) is 0.214. The fourth-order valence-electron chi connectivity index (χ4n) is 1.89. The van der Waals surface area contributed by atoms with Crippen LogP contribution in [-0.2, 0) is 6.54 Å². The first-order valence-corrected chi connectivity index (χ1v) is 5.92. The fourth-order valence-corrected chi connectivity index (χ4v) is 1.89. The van der Waals surface area contributed by atoms with E-state index >= 15 is 0 Å². The van der Waals surface area contributed by atoms with Gasteiger partial charge in [-0.1, -0.05) is 0 Å². The Balaban J connectivity index is 2.21. The molecule has 0 saturated heterocycles. The van der Waals surface area contributed by atoms with E-state index in [1.165, 1.54) is 18.4 Å². The van der Waals surface area contributed by atoms with Crippen LogP contribution in [0.4, 0.5) is 10.1 Å². The lowest BCUT2D eigenvalue weighted by Gasteiger charge is -2.22. The number of carboxylic acids is 1. The van der Waals surface area contributed by atoms with Crippen LogP contribution in [0.25, 0.3) is 0 Å². The minimum absolute atomic E-state index is 0.0550. The first kappa shape index (κ1) is 13.1. The number of furan rings is 1. The van der Waals surface area contributed by atoms with Crippen LogP contribution >= 0.6 is 0 Å². The number of rotatable bonds is 5. The van der Waals surface area contributed by atoms with E-state index in [0.29, 0.717) is 18.7 Å². The van der Waals surface area contributed by atoms with Gasteiger partial charge >= 0.3 is 5.97 Å². The average Bonchev–Trinajstić information content (AvgIpc) is 2.85. The molecule has 1 heterocycles. The number of carbonyl (C=O) groups is 1. The highest BCUT2D eigenvalue weighted by Crippen LogP contribution is 2.20. The van der Waals surface area contributed by atoms with Crippen LogP contribution in [0.1, 0.15) is 23.0 Å². The molecule has 0 spiro atoms. The molecule has 1 N–H and O–H groups in total. The van der Waals surface area contributed by atoms with Gasteiger partial charge in [-0.05, 0) is 37.3 Å². The summed E-state index contributed by atoms with van der Waals surface area (Å²) in [7, 11) is 0. The second-order valence-corrected chi connectivity index (χ2v) is 4.07. The predicted molar refractivity (Wildman–Crippen MR) is 68.8 cm³/mol. The number of halogens is 1. The van der Waals surface area contributed by atoms with Crippen molar-refractivity contribution < 1.29 is 18.7 Å². The van der Waals surface area contributed by atoms with Crippen molar-refractivity contribution in [1.82, 2.24) is 0 Å². The molecule has 1 aromatic heterocycles. The van der Waals surface area contributed by atoms with Crippen molar-refractivity contribution in [3.63, 3.8) is 0 Å². The number of benzene rings is 1. The first-order valence-electron chi connectivity index (χ1n) is 5.92. The van der Waals surface area contributed by atoms with E-state index in [2.05, 4.69) is 0 Å². The number of nitrogens with zero attached hydrogens (tertiary/aromatic N) is 1. The van der Waals surface area contributed by atoms with Crippen molar-refractivity contribution in [3.05, 3.63) is 53.7 Å². The minimum atomic E-state index is -1.09. The number of hydrogen-bond donors (Lipinski definition) is 1. The topological polar surface area (TPSA) is 53.7 Å². The zero-order valence-electron chi connectivity index (χ0n) is 10.5. The summed E-state index contributed by atoms with van der Waals surface area (Å²) >= 11 is 0. The Morgan fingerprint density at radius 3 is 2.58 bits per heavy atom. The van der Waals surface area contributed by atoms with Crippen LogP contribution in [0.15, 0.2) is 41.0 Å². The minimum Gasteiger partial charge on any atom is -0.475 e. The predicted octanol–water partition coefficient (Wildman–Crippen LogP) is 3.14. The van der Waals surface area contributed by atoms with Gasteiger partial charge in [-0.15, -0.1) is 0 Å². The highest BCUT2D eigenvalue weighted by Gasteiger charge is 2.16. The second-order valence-electron chi connectivity index (χ2n) is 4.07. The van der Waals surface area contributed by atoms with Gasteiger partial charge in [0.15, 0.2) is 0 Å². The van der Waals surface area contributed by atoms with Crippen molar-refractivity contribution >= 4 is 11.7 Å². The summed E-state index contributed by atoms with van der Waals surface area (Å²) in [5, 5.41) is 8.99. The molecule has 0 saturated carbocycles. The van der Waals surface area contributed by atoms with Crippen LogP contribution in [0.3, 0.4) is 0 Å². The van der Waals surface area contributed by atoms with Crippen LogP contribution in [0.2, 0.25) is 0 Å². The Morgan fingerprint density at radius 1 is 1.32 bits per heavy atom. The Hall–Kier alpha value is -2.30. The summed E-state index contributed by atoms with van der Waals surface area (Å²) in [5.74, 6) is -1.44. The molecule has 0 amide bonds. The van der Waals surface area contributed by atoms with Crippen molar-refractivity contribution in [3.8, 4) is 0 Å². The third-order valence-corrected chi connectivity index (χ3v) is 2.88. The van der Waals surface area contributed by atoms with Gasteiger partial charge in [-0.25, -0.2) is 9.18 Å². The quantitative estimate of drug-likeness (QED) is 0.900. The largest absolute Gasteiger partial charge is 0.475 e. The van der Waals surface area contributed by atoms with Gasteiger partial charge < -0.3 is 14.4 Å². The number of carboxylic acid groups (broad SMARTS) is 1. The Bertz CT molecular complexity index is 562. The highest BCUT2D eigenvalue weighted by molar-refractivity contribution is 5.86. The van der Waals surface area contributed by atoms with Crippen LogP contribution in [0.5, 0.6) is 0 Å². The van der Waals surface area contributed by atoms with Gasteiger partial charge in [0, 0.05) is 24.3 Å². The zero-order valence-corrected chi connectivity index (χ0v) is 10.5. The molecule has 0 aliphatic heterocycles. The number of aromatic carboxylic acids is 1. The molecule has 0 atom stereocenters. The number of anilines is 1. The Kier molecular flexibility index (Phi) is 3.85. The van der Waals surface area contributed by atoms with E-state index in [-0.39, 0.29) is 11.6 Å². The van der Waals surface area contributed by atoms with Gasteiger partial charge in [-0.3, -0.25) is 0 Å². The SMILES string of the molecule is CCN(Cc1ccoc1C(=O)O)c1ccc(F)cc1. The molecule has 0 radical (unpaired) electrons. The molecule has 0 bridgehead atoms. The van der Waals surface area contributed by atoms with E-state index in [4.69, 9.17) is 9.52 Å². The van der Waals surface area contributed by atoms with E-state index in [9.17, 15) is 9.18 Å². The van der Waals surface area contributed by atoms with E-state index < -0.39 is 5.97 Å². The van der Waals surface area contributed by atoms with Crippen LogP contribution in [-0.4, -0.2) is 17.6 Å². The summed E-state index contributed by atoms with van der Waals surface area (Å²) < 4.78 is 17.8. The normalized spacial score (nSPS) is 10.4. The molecule has 0 aliphatic carbocycles. The molecule has 1 aromatic carbocycles. The molecule has 2 aromatic rings. The molecule has 0 fully saturated rings. The van der Waals surface area contributed by atoms with Gasteiger partial charge in [0.25, 0.3) is 0 Å². The van der Waals surface area contributed by atoms with Gasteiger partial charge in [0.1, 0.15) is 5.82 Å². The lowest BCUT2D eigenvalue weighted by atomic mass is 10.2. The van der Waals surface area contributed by atoms with Gasteiger partial charge in [-0.2, -0.15) is 0 Å². The van der Waals surface area contributed by atoms with E-state index in [1.807, 2.05) is 11.8 Å². The third-order valence-electron chi connectivity index (χ3n) is 2.88. The smallest absolute Gasteiger partial charge is 0.372 e. The van der Waals surface area contributed by atoms with Crippen LogP contribution < -0.4 is 4.90 Å². The molecule has 2 rings (SSSR count). The lowest BCUT2D eigenvalue weighted by Crippen LogP contribution is -2.22. The lowest BCUT2D eigenvalue weighted by molar-refractivity contribution is 0.0661. The summed E-state index contributed by atoms with van der Waals surface area (Å²) in [4.78, 5) is 12.9. The second kappa shape index (κ2) is 5.56. The van der Waals surface area contributed by atoms with Crippen molar-refractivity contribution in [2.75, 3.05) is 11.4 Å². The number of hydrogen-bond acceptors (Lipinski definition) is 3. The Morgan fingerprint density at radius 2 is 2.00 bits per heavy atom. The summed E-state index contributed by atoms with van der Waals surface area (Å²) in [5.41, 5.74) is 1.43. The third kappa shape index (κ3) is 2.93.